The summed E-state index contributed by atoms with van der Waals surface area (Å²) in [5.74, 6) is 0.585. The van der Waals surface area contributed by atoms with Gasteiger partial charge in [-0.2, -0.15) is 0 Å². The number of quaternary nitrogens is 1. The van der Waals surface area contributed by atoms with E-state index < -0.39 is 0 Å². The number of amides is 2. The molecule has 0 aliphatic carbocycles. The minimum Gasteiger partial charge on any atom is -0.496 e. The van der Waals surface area contributed by atoms with Crippen LogP contribution in [0.2, 0.25) is 0 Å². The van der Waals surface area contributed by atoms with Gasteiger partial charge in [-0.05, 0) is 31.0 Å². The summed E-state index contributed by atoms with van der Waals surface area (Å²) in [5, 5.41) is 0. The number of likely N-dealkylation sites (tertiary alicyclic amines) is 1. The van der Waals surface area contributed by atoms with E-state index in [9.17, 15) is 14.0 Å². The predicted molar refractivity (Wildman–Crippen MR) is 98.9 cm³/mol. The minimum absolute atomic E-state index is 0.0470. The van der Waals surface area contributed by atoms with Crippen LogP contribution in [0.5, 0.6) is 5.75 Å². The third kappa shape index (κ3) is 4.77. The Balaban J connectivity index is 1.53. The zero-order valence-corrected chi connectivity index (χ0v) is 16.2. The summed E-state index contributed by atoms with van der Waals surface area (Å²) in [7, 11) is 1.59. The van der Waals surface area contributed by atoms with E-state index in [4.69, 9.17) is 4.74 Å². The van der Waals surface area contributed by atoms with Crippen LogP contribution in [-0.4, -0.2) is 68.0 Å². The summed E-state index contributed by atoms with van der Waals surface area (Å²) < 4.78 is 18.9. The second-order valence-electron chi connectivity index (χ2n) is 7.51. The Bertz CT molecular complexity index is 689. The number of ether oxygens (including phenoxy) is 1. The van der Waals surface area contributed by atoms with Crippen molar-refractivity contribution in [2.75, 3.05) is 46.4 Å². The lowest BCUT2D eigenvalue weighted by atomic mass is 9.96. The molecule has 0 aromatic heterocycles. The van der Waals surface area contributed by atoms with Gasteiger partial charge in [-0.3, -0.25) is 9.59 Å². The van der Waals surface area contributed by atoms with E-state index in [2.05, 4.69) is 0 Å². The van der Waals surface area contributed by atoms with Crippen LogP contribution < -0.4 is 9.64 Å². The fraction of sp³-hybridized carbons (Fsp3) is 0.600. The number of nitrogens with zero attached hydrogens (tertiary/aromatic N) is 2. The Hall–Kier alpha value is -2.15. The normalized spacial score (nSPS) is 21.2. The Morgan fingerprint density at radius 1 is 1.22 bits per heavy atom. The summed E-state index contributed by atoms with van der Waals surface area (Å²) >= 11 is 0. The molecule has 0 spiro atoms. The molecule has 1 atom stereocenters. The number of piperidine rings is 1. The summed E-state index contributed by atoms with van der Waals surface area (Å²) in [5.41, 5.74) is 0.858. The number of benzene rings is 1. The van der Waals surface area contributed by atoms with Gasteiger partial charge in [-0.25, -0.2) is 4.39 Å². The highest BCUT2D eigenvalue weighted by atomic mass is 19.1. The van der Waals surface area contributed by atoms with Crippen LogP contribution >= 0.6 is 0 Å². The number of halogens is 1. The van der Waals surface area contributed by atoms with Crippen LogP contribution in [0.1, 0.15) is 25.3 Å². The molecule has 0 saturated carbocycles. The third-order valence-corrected chi connectivity index (χ3v) is 5.68. The van der Waals surface area contributed by atoms with E-state index in [0.29, 0.717) is 31.9 Å². The van der Waals surface area contributed by atoms with Crippen molar-refractivity contribution in [1.29, 1.82) is 0 Å². The Morgan fingerprint density at radius 3 is 2.63 bits per heavy atom. The number of hydrogen-bond donors (Lipinski definition) is 1. The van der Waals surface area contributed by atoms with Crippen molar-refractivity contribution < 1.29 is 23.6 Å². The van der Waals surface area contributed by atoms with Crippen LogP contribution in [0, 0.1) is 11.7 Å². The zero-order valence-electron chi connectivity index (χ0n) is 16.2. The highest BCUT2D eigenvalue weighted by molar-refractivity contribution is 5.80. The fourth-order valence-corrected chi connectivity index (χ4v) is 4.10. The fourth-order valence-electron chi connectivity index (χ4n) is 4.10. The van der Waals surface area contributed by atoms with E-state index in [0.717, 1.165) is 38.0 Å². The van der Waals surface area contributed by atoms with E-state index >= 15 is 0 Å². The topological polar surface area (TPSA) is 54.3 Å². The molecule has 0 radical (unpaired) electrons. The Kier molecular flexibility index (Phi) is 6.31. The standard InChI is InChI=1S/C20H28FN3O3/c1-15(25)24-7-3-4-16(14-24)20(26)23-10-8-22(9-11-23)13-17-12-18(21)5-6-19(17)27-2/h5-6,12,16H,3-4,7-11,13-14H2,1-2H3/p+1/t16-/m0/s1. The molecule has 148 valence electrons. The molecule has 1 aromatic rings. The minimum atomic E-state index is -0.258. The van der Waals surface area contributed by atoms with Gasteiger partial charge in [0.05, 0.1) is 44.8 Å². The van der Waals surface area contributed by atoms with E-state index in [-0.39, 0.29) is 23.5 Å². The number of rotatable bonds is 4. The Morgan fingerprint density at radius 2 is 1.96 bits per heavy atom. The molecule has 27 heavy (non-hydrogen) atoms. The summed E-state index contributed by atoms with van der Waals surface area (Å²) in [6.07, 6.45) is 1.75. The van der Waals surface area contributed by atoms with Crippen molar-refractivity contribution in [1.82, 2.24) is 9.80 Å². The maximum absolute atomic E-state index is 13.6. The second-order valence-corrected chi connectivity index (χ2v) is 7.51. The molecular formula is C20H29FN3O3+. The number of carbonyl (C=O) groups excluding carboxylic acids is 2. The first-order valence-electron chi connectivity index (χ1n) is 9.68. The molecule has 0 unspecified atom stereocenters. The average Bonchev–Trinajstić information content (AvgIpc) is 2.68. The van der Waals surface area contributed by atoms with E-state index in [1.807, 2.05) is 4.90 Å². The van der Waals surface area contributed by atoms with Crippen LogP contribution in [0.4, 0.5) is 4.39 Å². The molecule has 2 aliphatic heterocycles. The molecule has 2 amide bonds. The largest absolute Gasteiger partial charge is 0.496 e. The molecule has 2 aliphatic rings. The first kappa shape index (κ1) is 19.6. The van der Waals surface area contributed by atoms with Crippen LogP contribution in [0.25, 0.3) is 0 Å². The van der Waals surface area contributed by atoms with Gasteiger partial charge >= 0.3 is 0 Å². The molecule has 3 rings (SSSR count). The van der Waals surface area contributed by atoms with Gasteiger partial charge < -0.3 is 19.4 Å². The molecule has 0 bridgehead atoms. The van der Waals surface area contributed by atoms with Gasteiger partial charge in [0.2, 0.25) is 11.8 Å². The molecule has 1 aromatic carbocycles. The van der Waals surface area contributed by atoms with E-state index in [1.165, 1.54) is 17.0 Å². The van der Waals surface area contributed by atoms with Crippen LogP contribution in [0.15, 0.2) is 18.2 Å². The highest BCUT2D eigenvalue weighted by Gasteiger charge is 2.32. The van der Waals surface area contributed by atoms with Crippen molar-refractivity contribution in [3.8, 4) is 5.75 Å². The smallest absolute Gasteiger partial charge is 0.227 e. The number of nitrogens with one attached hydrogen (secondary N) is 1. The van der Waals surface area contributed by atoms with Gasteiger partial charge in [-0.15, -0.1) is 0 Å². The number of piperazine rings is 1. The molecule has 7 heteroatoms. The third-order valence-electron chi connectivity index (χ3n) is 5.68. The number of methoxy groups -OCH3 is 1. The van der Waals surface area contributed by atoms with E-state index in [1.54, 1.807) is 25.0 Å². The SMILES string of the molecule is COc1ccc(F)cc1C[NH+]1CCN(C(=O)[C@H]2CCCN(C(C)=O)C2)CC1. The van der Waals surface area contributed by atoms with Crippen molar-refractivity contribution in [2.45, 2.75) is 26.3 Å². The maximum atomic E-state index is 13.6. The molecule has 2 heterocycles. The maximum Gasteiger partial charge on any atom is 0.227 e. The molecule has 2 fully saturated rings. The summed E-state index contributed by atoms with van der Waals surface area (Å²) in [6, 6.07) is 4.60. The summed E-state index contributed by atoms with van der Waals surface area (Å²) in [4.78, 5) is 29.5. The van der Waals surface area contributed by atoms with Crippen LogP contribution in [0.3, 0.4) is 0 Å². The lowest BCUT2D eigenvalue weighted by molar-refractivity contribution is -0.917. The molecule has 1 N–H and O–H groups in total. The highest BCUT2D eigenvalue weighted by Crippen LogP contribution is 2.20. The molecule has 6 nitrogen and oxygen atoms in total. The number of carbonyl (C=O) groups is 2. The zero-order chi connectivity index (χ0) is 19.4. The van der Waals surface area contributed by atoms with Crippen molar-refractivity contribution in [3.05, 3.63) is 29.6 Å². The Labute approximate surface area is 159 Å². The van der Waals surface area contributed by atoms with Gasteiger partial charge in [0, 0.05) is 20.0 Å². The van der Waals surface area contributed by atoms with Crippen LogP contribution in [-0.2, 0) is 16.1 Å². The molecule has 2 saturated heterocycles. The predicted octanol–water partition coefficient (Wildman–Crippen LogP) is 0.320. The molecular weight excluding hydrogens is 349 g/mol. The van der Waals surface area contributed by atoms with Gasteiger partial charge in [0.15, 0.2) is 0 Å². The first-order valence-corrected chi connectivity index (χ1v) is 9.68. The quantitative estimate of drug-likeness (QED) is 0.821. The first-order chi connectivity index (χ1) is 13.0. The van der Waals surface area contributed by atoms with Crippen molar-refractivity contribution in [2.24, 2.45) is 5.92 Å². The van der Waals surface area contributed by atoms with Gasteiger partial charge in [0.1, 0.15) is 18.1 Å². The average molecular weight is 378 g/mol. The van der Waals surface area contributed by atoms with Gasteiger partial charge in [-0.1, -0.05) is 0 Å². The lowest BCUT2D eigenvalue weighted by Gasteiger charge is -2.37. The lowest BCUT2D eigenvalue weighted by Crippen LogP contribution is -3.13. The summed E-state index contributed by atoms with van der Waals surface area (Å²) in [6.45, 7) is 6.60. The monoisotopic (exact) mass is 378 g/mol. The van der Waals surface area contributed by atoms with Crippen molar-refractivity contribution in [3.63, 3.8) is 0 Å². The van der Waals surface area contributed by atoms with Crippen molar-refractivity contribution >= 4 is 11.8 Å². The number of hydrogen-bond acceptors (Lipinski definition) is 3. The van der Waals surface area contributed by atoms with Gasteiger partial charge in [0.25, 0.3) is 0 Å². The second kappa shape index (κ2) is 8.69.